The summed E-state index contributed by atoms with van der Waals surface area (Å²) in [6.07, 6.45) is 0. The van der Waals surface area contributed by atoms with Crippen molar-refractivity contribution in [1.29, 1.82) is 0 Å². The highest BCUT2D eigenvalue weighted by molar-refractivity contribution is 6.21. The largest absolute Gasteiger partial charge is 0.310 e. The van der Waals surface area contributed by atoms with Gasteiger partial charge in [0, 0.05) is 33.5 Å². The summed E-state index contributed by atoms with van der Waals surface area (Å²) in [7, 11) is 0. The van der Waals surface area contributed by atoms with Crippen LogP contribution in [0.25, 0.3) is 104 Å². The van der Waals surface area contributed by atoms with Gasteiger partial charge in [-0.25, -0.2) is 0 Å². The van der Waals surface area contributed by atoms with E-state index in [0.717, 1.165) is 22.7 Å². The van der Waals surface area contributed by atoms with Gasteiger partial charge in [-0.15, -0.1) is 0 Å². The third-order valence-electron chi connectivity index (χ3n) is 13.8. The molecule has 0 atom stereocenters. The number of nitrogens with zero attached hydrogens (tertiary/aromatic N) is 2. The monoisotopic (exact) mass is 864 g/mol. The third-order valence-corrected chi connectivity index (χ3v) is 13.8. The third kappa shape index (κ3) is 6.73. The molecule has 0 saturated carbocycles. The standard InChI is InChI=1S/C66H44N2/c1-3-16-49(17-4-1)65-58-22-9-11-24-60(58)66(61-25-12-10-23-59(61)65)50-30-27-46(28-31-50)47-33-37-54(38-34-47)67(55-39-35-48(36-40-55)52-32-29-45-15-7-8-18-51(45)43-52)56-41-42-64-62(44-56)57-21-13-14-26-63(57)68(64)53-19-5-2-6-20-53/h1-44H. The molecular formula is C66H44N2. The highest BCUT2D eigenvalue weighted by atomic mass is 15.1. The Hall–Kier alpha value is -8.98. The Morgan fingerprint density at radius 1 is 0.235 bits per heavy atom. The topological polar surface area (TPSA) is 8.17 Å². The number of hydrogen-bond acceptors (Lipinski definition) is 1. The molecule has 1 heterocycles. The van der Waals surface area contributed by atoms with E-state index in [0.29, 0.717) is 0 Å². The lowest BCUT2D eigenvalue weighted by atomic mass is 9.86. The minimum absolute atomic E-state index is 1.09. The Bertz CT molecular complexity index is 3920. The highest BCUT2D eigenvalue weighted by Crippen LogP contribution is 2.45. The van der Waals surface area contributed by atoms with Crippen LogP contribution in [0.1, 0.15) is 0 Å². The van der Waals surface area contributed by atoms with E-state index in [-0.39, 0.29) is 0 Å². The maximum Gasteiger partial charge on any atom is 0.0542 e. The molecule has 318 valence electrons. The van der Waals surface area contributed by atoms with Gasteiger partial charge in [0.05, 0.1) is 11.0 Å². The van der Waals surface area contributed by atoms with E-state index in [1.54, 1.807) is 0 Å². The molecule has 0 N–H and O–H groups in total. The van der Waals surface area contributed by atoms with E-state index in [1.807, 2.05) is 0 Å². The van der Waals surface area contributed by atoms with Crippen molar-refractivity contribution < 1.29 is 0 Å². The van der Waals surface area contributed by atoms with Gasteiger partial charge in [-0.1, -0.05) is 200 Å². The molecule has 12 aromatic carbocycles. The van der Waals surface area contributed by atoms with Gasteiger partial charge in [-0.05, 0) is 144 Å². The SMILES string of the molecule is c1ccc(-c2c3ccccc3c(-c3ccc(-c4ccc(N(c5ccc(-c6ccc7ccccc7c6)cc5)c5ccc6c(c5)c5ccccc5n6-c5ccccc5)cc4)cc3)c3ccccc23)cc1. The fraction of sp³-hybridized carbons (Fsp3) is 0. The van der Waals surface area contributed by atoms with Crippen LogP contribution in [0.3, 0.4) is 0 Å². The zero-order valence-electron chi connectivity index (χ0n) is 37.3. The van der Waals surface area contributed by atoms with Crippen molar-refractivity contribution in [3.8, 4) is 50.2 Å². The zero-order chi connectivity index (χ0) is 45.0. The Kier molecular flexibility index (Phi) is 9.54. The fourth-order valence-corrected chi connectivity index (χ4v) is 10.6. The lowest BCUT2D eigenvalue weighted by Crippen LogP contribution is -2.10. The van der Waals surface area contributed by atoms with Crippen LogP contribution in [0.15, 0.2) is 267 Å². The van der Waals surface area contributed by atoms with Crippen molar-refractivity contribution in [3.63, 3.8) is 0 Å². The first-order chi connectivity index (χ1) is 33.7. The predicted octanol–water partition coefficient (Wildman–Crippen LogP) is 18.4. The number of aromatic nitrogens is 1. The molecule has 1 aromatic heterocycles. The first kappa shape index (κ1) is 39.4. The number of anilines is 3. The Morgan fingerprint density at radius 3 is 1.25 bits per heavy atom. The molecule has 0 amide bonds. The molecule has 0 bridgehead atoms. The number of rotatable bonds is 8. The Labute approximate surface area is 395 Å². The second-order valence-corrected chi connectivity index (χ2v) is 17.7. The normalized spacial score (nSPS) is 11.5. The predicted molar refractivity (Wildman–Crippen MR) is 290 cm³/mol. The smallest absolute Gasteiger partial charge is 0.0542 e. The van der Waals surface area contributed by atoms with Gasteiger partial charge >= 0.3 is 0 Å². The van der Waals surface area contributed by atoms with Gasteiger partial charge in [0.1, 0.15) is 0 Å². The molecule has 0 radical (unpaired) electrons. The van der Waals surface area contributed by atoms with Crippen LogP contribution in [-0.4, -0.2) is 4.57 Å². The van der Waals surface area contributed by atoms with Crippen LogP contribution < -0.4 is 4.90 Å². The molecule has 0 spiro atoms. The van der Waals surface area contributed by atoms with E-state index < -0.39 is 0 Å². The molecule has 13 aromatic rings. The number of benzene rings is 12. The Balaban J connectivity index is 0.896. The molecule has 2 heteroatoms. The summed E-state index contributed by atoms with van der Waals surface area (Å²) in [6.45, 7) is 0. The summed E-state index contributed by atoms with van der Waals surface area (Å²) in [5, 5.41) is 9.98. The summed E-state index contributed by atoms with van der Waals surface area (Å²) in [5.41, 5.74) is 16.5. The van der Waals surface area contributed by atoms with Crippen LogP contribution in [0.5, 0.6) is 0 Å². The summed E-state index contributed by atoms with van der Waals surface area (Å²) in [6, 6.07) is 97.4. The molecule has 0 saturated heterocycles. The molecular weight excluding hydrogens is 821 g/mol. The van der Waals surface area contributed by atoms with E-state index in [4.69, 9.17) is 0 Å². The first-order valence-electron chi connectivity index (χ1n) is 23.4. The first-order valence-corrected chi connectivity index (χ1v) is 23.4. The second kappa shape index (κ2) is 16.5. The number of hydrogen-bond donors (Lipinski definition) is 0. The van der Waals surface area contributed by atoms with Crippen molar-refractivity contribution >= 4 is 71.2 Å². The summed E-state index contributed by atoms with van der Waals surface area (Å²) >= 11 is 0. The number of para-hydroxylation sites is 2. The molecule has 13 rings (SSSR count). The fourth-order valence-electron chi connectivity index (χ4n) is 10.6. The van der Waals surface area contributed by atoms with Gasteiger partial charge in [-0.3, -0.25) is 0 Å². The van der Waals surface area contributed by atoms with E-state index in [1.165, 1.54) is 98.6 Å². The van der Waals surface area contributed by atoms with Crippen LogP contribution >= 0.6 is 0 Å². The molecule has 0 aliphatic carbocycles. The lowest BCUT2D eigenvalue weighted by molar-refractivity contribution is 1.18. The van der Waals surface area contributed by atoms with Gasteiger partial charge in [0.2, 0.25) is 0 Å². The van der Waals surface area contributed by atoms with Crippen molar-refractivity contribution in [1.82, 2.24) is 4.57 Å². The molecule has 0 aliphatic heterocycles. The Morgan fingerprint density at radius 2 is 0.647 bits per heavy atom. The minimum Gasteiger partial charge on any atom is -0.310 e. The van der Waals surface area contributed by atoms with Crippen LogP contribution in [0, 0.1) is 0 Å². The summed E-state index contributed by atoms with van der Waals surface area (Å²) in [4.78, 5) is 2.39. The van der Waals surface area contributed by atoms with E-state index in [2.05, 4.69) is 276 Å². The molecule has 68 heavy (non-hydrogen) atoms. The average Bonchev–Trinajstić information content (AvgIpc) is 3.75. The van der Waals surface area contributed by atoms with Crippen molar-refractivity contribution in [2.24, 2.45) is 0 Å². The van der Waals surface area contributed by atoms with Crippen LogP contribution in [-0.2, 0) is 0 Å². The summed E-state index contributed by atoms with van der Waals surface area (Å²) < 4.78 is 2.38. The van der Waals surface area contributed by atoms with Gasteiger partial charge in [-0.2, -0.15) is 0 Å². The summed E-state index contributed by atoms with van der Waals surface area (Å²) in [5.74, 6) is 0. The van der Waals surface area contributed by atoms with E-state index >= 15 is 0 Å². The number of fused-ring (bicyclic) bond motifs is 6. The maximum absolute atomic E-state index is 2.39. The van der Waals surface area contributed by atoms with Crippen molar-refractivity contribution in [2.45, 2.75) is 0 Å². The van der Waals surface area contributed by atoms with Crippen LogP contribution in [0.4, 0.5) is 17.1 Å². The van der Waals surface area contributed by atoms with Gasteiger partial charge in [0.25, 0.3) is 0 Å². The molecule has 0 unspecified atom stereocenters. The maximum atomic E-state index is 2.39. The molecule has 2 nitrogen and oxygen atoms in total. The average molecular weight is 865 g/mol. The molecule has 0 aliphatic rings. The van der Waals surface area contributed by atoms with E-state index in [9.17, 15) is 0 Å². The zero-order valence-corrected chi connectivity index (χ0v) is 37.3. The molecule has 0 fully saturated rings. The van der Waals surface area contributed by atoms with Crippen LogP contribution in [0.2, 0.25) is 0 Å². The highest BCUT2D eigenvalue weighted by Gasteiger charge is 2.19. The lowest BCUT2D eigenvalue weighted by Gasteiger charge is -2.26. The van der Waals surface area contributed by atoms with Gasteiger partial charge < -0.3 is 9.47 Å². The minimum atomic E-state index is 1.09. The quantitative estimate of drug-likeness (QED) is 0.138. The van der Waals surface area contributed by atoms with Crippen molar-refractivity contribution in [3.05, 3.63) is 267 Å². The second-order valence-electron chi connectivity index (χ2n) is 17.7. The van der Waals surface area contributed by atoms with Gasteiger partial charge in [0.15, 0.2) is 0 Å². The van der Waals surface area contributed by atoms with Crippen molar-refractivity contribution in [2.75, 3.05) is 4.90 Å².